The number of likely N-dealkylation sites (N-methyl/N-ethyl adjacent to an activating group) is 1. The van der Waals surface area contributed by atoms with Crippen molar-refractivity contribution in [2.24, 2.45) is 4.99 Å². The maximum absolute atomic E-state index is 12.0. The number of guanidine groups is 1. The molecule has 1 amide bonds. The van der Waals surface area contributed by atoms with Crippen LogP contribution in [0.5, 0.6) is 0 Å². The molecule has 1 atom stereocenters. The molecule has 1 aliphatic heterocycles. The van der Waals surface area contributed by atoms with Crippen molar-refractivity contribution in [3.05, 3.63) is 47.5 Å². The minimum atomic E-state index is 0. The van der Waals surface area contributed by atoms with E-state index in [-0.39, 0.29) is 42.5 Å². The molecule has 0 fully saturated rings. The number of nitrogens with one attached hydrogen (secondary N) is 2. The van der Waals surface area contributed by atoms with Gasteiger partial charge in [0.25, 0.3) is 0 Å². The molecule has 2 N–H and O–H groups in total. The number of aromatic nitrogens is 3. The van der Waals surface area contributed by atoms with Crippen LogP contribution >= 0.6 is 24.0 Å². The second-order valence-electron chi connectivity index (χ2n) is 7.15. The van der Waals surface area contributed by atoms with Crippen LogP contribution in [0.1, 0.15) is 30.6 Å². The topological polar surface area (TPSA) is 87.4 Å². The molecule has 2 aromatic rings. The zero-order valence-corrected chi connectivity index (χ0v) is 19.6. The average Bonchev–Trinajstić information content (AvgIpc) is 3.13. The number of carbonyl (C=O) groups excluding carboxylic acids is 1. The summed E-state index contributed by atoms with van der Waals surface area (Å²) in [5, 5.41) is 11.2. The lowest BCUT2D eigenvalue weighted by atomic mass is 10.1. The third-order valence-corrected chi connectivity index (χ3v) is 4.73. The van der Waals surface area contributed by atoms with E-state index in [0.29, 0.717) is 12.5 Å². The van der Waals surface area contributed by atoms with Crippen molar-refractivity contribution in [2.75, 3.05) is 20.6 Å². The zero-order valence-electron chi connectivity index (χ0n) is 17.3. The fourth-order valence-electron chi connectivity index (χ4n) is 3.05. The summed E-state index contributed by atoms with van der Waals surface area (Å²) in [4.78, 5) is 22.8. The highest BCUT2D eigenvalue weighted by Gasteiger charge is 2.22. The van der Waals surface area contributed by atoms with Crippen molar-refractivity contribution < 1.29 is 4.79 Å². The maximum atomic E-state index is 12.0. The van der Waals surface area contributed by atoms with Gasteiger partial charge in [-0.05, 0) is 12.0 Å². The van der Waals surface area contributed by atoms with Gasteiger partial charge in [-0.25, -0.2) is 14.7 Å². The molecule has 1 unspecified atom stereocenters. The SMILES string of the molecule is CCc1nc2n(n1)CC(NC(=NCc1ccccc1)NCC(=O)N(C)C)CC2.I. The molecule has 0 radical (unpaired) electrons. The standard InChI is InChI=1S/C20H29N7O.HI/c1-4-17-24-18-11-10-16(14-27(18)25-17)23-20(22-13-19(28)26(2)3)21-12-15-8-6-5-7-9-15;/h5-9,16H,4,10-14H2,1-3H3,(H2,21,22,23);1H. The first-order valence-corrected chi connectivity index (χ1v) is 9.76. The smallest absolute Gasteiger partial charge is 0.241 e. The first-order valence-electron chi connectivity index (χ1n) is 9.76. The molecule has 1 aliphatic rings. The summed E-state index contributed by atoms with van der Waals surface area (Å²) < 4.78 is 1.99. The van der Waals surface area contributed by atoms with Gasteiger partial charge < -0.3 is 15.5 Å². The molecule has 158 valence electrons. The van der Waals surface area contributed by atoms with E-state index in [1.165, 1.54) is 0 Å². The van der Waals surface area contributed by atoms with Gasteiger partial charge in [-0.15, -0.1) is 24.0 Å². The largest absolute Gasteiger partial charge is 0.352 e. The van der Waals surface area contributed by atoms with Crippen molar-refractivity contribution in [1.29, 1.82) is 0 Å². The first-order chi connectivity index (χ1) is 13.5. The lowest BCUT2D eigenvalue weighted by Crippen LogP contribution is -2.49. The highest BCUT2D eigenvalue weighted by Crippen LogP contribution is 2.13. The molecule has 3 rings (SSSR count). The normalized spacial score (nSPS) is 15.8. The summed E-state index contributed by atoms with van der Waals surface area (Å²) in [6.45, 7) is 3.57. The second kappa shape index (κ2) is 11.1. The third-order valence-electron chi connectivity index (χ3n) is 4.73. The first kappa shape index (κ1) is 23.1. The van der Waals surface area contributed by atoms with Crippen LogP contribution in [0.25, 0.3) is 0 Å². The van der Waals surface area contributed by atoms with Crippen LogP contribution in [0.15, 0.2) is 35.3 Å². The molecule has 29 heavy (non-hydrogen) atoms. The van der Waals surface area contributed by atoms with Gasteiger partial charge in [-0.3, -0.25) is 4.79 Å². The van der Waals surface area contributed by atoms with Crippen molar-refractivity contribution in [3.63, 3.8) is 0 Å². The van der Waals surface area contributed by atoms with E-state index in [9.17, 15) is 4.79 Å². The summed E-state index contributed by atoms with van der Waals surface area (Å²) in [5.74, 6) is 2.59. The predicted molar refractivity (Wildman–Crippen MR) is 124 cm³/mol. The number of fused-ring (bicyclic) bond motifs is 1. The van der Waals surface area contributed by atoms with Gasteiger partial charge in [0.1, 0.15) is 5.82 Å². The van der Waals surface area contributed by atoms with Gasteiger partial charge in [-0.2, -0.15) is 5.10 Å². The van der Waals surface area contributed by atoms with E-state index in [1.54, 1.807) is 19.0 Å². The number of hydrogen-bond acceptors (Lipinski definition) is 4. The van der Waals surface area contributed by atoms with Crippen molar-refractivity contribution in [3.8, 4) is 0 Å². The molecular formula is C20H30IN7O. The number of aryl methyl sites for hydroxylation is 2. The van der Waals surface area contributed by atoms with Gasteiger partial charge in [0.05, 0.1) is 19.6 Å². The highest BCUT2D eigenvalue weighted by molar-refractivity contribution is 14.0. The van der Waals surface area contributed by atoms with Crippen LogP contribution in [0.2, 0.25) is 0 Å². The van der Waals surface area contributed by atoms with E-state index in [2.05, 4.69) is 32.6 Å². The number of amides is 1. The molecule has 9 heteroatoms. The lowest BCUT2D eigenvalue weighted by Gasteiger charge is -2.25. The summed E-state index contributed by atoms with van der Waals surface area (Å²) in [7, 11) is 3.49. The van der Waals surface area contributed by atoms with E-state index in [0.717, 1.165) is 43.0 Å². The molecule has 1 aromatic heterocycles. The Labute approximate surface area is 189 Å². The average molecular weight is 511 g/mol. The minimum Gasteiger partial charge on any atom is -0.352 e. The van der Waals surface area contributed by atoms with E-state index >= 15 is 0 Å². The Balaban J connectivity index is 0.00000300. The number of aliphatic imine (C=N–C) groups is 1. The Kier molecular flexibility index (Phi) is 8.87. The Morgan fingerprint density at radius 2 is 2.07 bits per heavy atom. The lowest BCUT2D eigenvalue weighted by molar-refractivity contribution is -0.127. The zero-order chi connectivity index (χ0) is 19.9. The molecule has 0 spiro atoms. The molecule has 0 aliphatic carbocycles. The van der Waals surface area contributed by atoms with Crippen LogP contribution < -0.4 is 10.6 Å². The van der Waals surface area contributed by atoms with Gasteiger partial charge >= 0.3 is 0 Å². The molecule has 8 nitrogen and oxygen atoms in total. The molecule has 1 aromatic carbocycles. The molecule has 2 heterocycles. The predicted octanol–water partition coefficient (Wildman–Crippen LogP) is 1.60. The Bertz CT molecular complexity index is 819. The summed E-state index contributed by atoms with van der Waals surface area (Å²) in [6, 6.07) is 10.3. The number of hydrogen-bond donors (Lipinski definition) is 2. The van der Waals surface area contributed by atoms with Crippen LogP contribution in [0, 0.1) is 0 Å². The highest BCUT2D eigenvalue weighted by atomic mass is 127. The number of nitrogens with zero attached hydrogens (tertiary/aromatic N) is 5. The van der Waals surface area contributed by atoms with Crippen LogP contribution in [0.4, 0.5) is 0 Å². The van der Waals surface area contributed by atoms with Crippen molar-refractivity contribution >= 4 is 35.8 Å². The van der Waals surface area contributed by atoms with Crippen LogP contribution in [-0.2, 0) is 30.7 Å². The quantitative estimate of drug-likeness (QED) is 0.350. The number of benzene rings is 1. The minimum absolute atomic E-state index is 0. The summed E-state index contributed by atoms with van der Waals surface area (Å²) in [6.07, 6.45) is 2.68. The van der Waals surface area contributed by atoms with Gasteiger partial charge in [-0.1, -0.05) is 37.3 Å². The van der Waals surface area contributed by atoms with E-state index in [1.807, 2.05) is 35.0 Å². The Morgan fingerprint density at radius 3 is 2.76 bits per heavy atom. The van der Waals surface area contributed by atoms with Gasteiger partial charge in [0.15, 0.2) is 11.8 Å². The fraction of sp³-hybridized carbons (Fsp3) is 0.500. The Hall–Kier alpha value is -2.17. The number of halogens is 1. The van der Waals surface area contributed by atoms with E-state index in [4.69, 9.17) is 0 Å². The van der Waals surface area contributed by atoms with Crippen molar-refractivity contribution in [1.82, 2.24) is 30.3 Å². The van der Waals surface area contributed by atoms with Crippen molar-refractivity contribution in [2.45, 2.75) is 45.3 Å². The number of carbonyl (C=O) groups is 1. The summed E-state index contributed by atoms with van der Waals surface area (Å²) in [5.41, 5.74) is 1.12. The molecular weight excluding hydrogens is 481 g/mol. The van der Waals surface area contributed by atoms with Crippen LogP contribution in [0.3, 0.4) is 0 Å². The van der Waals surface area contributed by atoms with Crippen LogP contribution in [-0.4, -0.2) is 58.2 Å². The monoisotopic (exact) mass is 511 g/mol. The van der Waals surface area contributed by atoms with Gasteiger partial charge in [0, 0.05) is 33.0 Å². The second-order valence-corrected chi connectivity index (χ2v) is 7.15. The van der Waals surface area contributed by atoms with E-state index < -0.39 is 0 Å². The maximum Gasteiger partial charge on any atom is 0.241 e. The molecule has 0 saturated carbocycles. The molecule has 0 saturated heterocycles. The number of rotatable bonds is 6. The Morgan fingerprint density at radius 1 is 1.31 bits per heavy atom. The molecule has 0 bridgehead atoms. The fourth-order valence-corrected chi connectivity index (χ4v) is 3.05. The summed E-state index contributed by atoms with van der Waals surface area (Å²) >= 11 is 0. The van der Waals surface area contributed by atoms with Gasteiger partial charge in [0.2, 0.25) is 5.91 Å². The third kappa shape index (κ3) is 6.69.